The molecule has 48 heavy (non-hydrogen) atoms. The standard InChI is InChI=1S/C30H21N5O10S3/c31-23-15-22-17(14-28(23)48(41,42)43)13-26(46-45-44-37)29(30(22)36)35-34-25-11-10-24(20-5-1-2-6-21(20)25)33-32-18-8-9-19-16(12-18)4-3-7-27(19)47(38,39)40/h1-15,36-37H,31H2,(H,38,39,40)(H,41,42,43). The summed E-state index contributed by atoms with van der Waals surface area (Å²) in [7, 11) is -9.09. The highest BCUT2D eigenvalue weighted by atomic mass is 32.2. The Bertz CT molecular complexity index is 2540. The van der Waals surface area contributed by atoms with Crippen LogP contribution in [0.5, 0.6) is 5.75 Å². The zero-order valence-corrected chi connectivity index (χ0v) is 26.4. The van der Waals surface area contributed by atoms with E-state index in [-0.39, 0.29) is 31.9 Å². The Morgan fingerprint density at radius 1 is 0.646 bits per heavy atom. The van der Waals surface area contributed by atoms with E-state index in [0.717, 1.165) is 12.1 Å². The van der Waals surface area contributed by atoms with Crippen molar-refractivity contribution in [1.29, 1.82) is 0 Å². The number of anilines is 1. The second kappa shape index (κ2) is 12.9. The minimum Gasteiger partial charge on any atom is -0.505 e. The second-order valence-electron chi connectivity index (χ2n) is 10.1. The largest absolute Gasteiger partial charge is 0.505 e. The zero-order chi connectivity index (χ0) is 34.2. The summed E-state index contributed by atoms with van der Waals surface area (Å²) in [5, 5.41) is 43.1. The average Bonchev–Trinajstić information content (AvgIpc) is 3.05. The summed E-state index contributed by atoms with van der Waals surface area (Å²) in [6.07, 6.45) is 0. The second-order valence-corrected chi connectivity index (χ2v) is 13.6. The van der Waals surface area contributed by atoms with Crippen LogP contribution in [0.4, 0.5) is 28.4 Å². The summed E-state index contributed by atoms with van der Waals surface area (Å²) >= 11 is 0.443. The van der Waals surface area contributed by atoms with Gasteiger partial charge in [0.1, 0.15) is 15.5 Å². The molecule has 0 amide bonds. The predicted octanol–water partition coefficient (Wildman–Crippen LogP) is 8.19. The molecule has 6 N–H and O–H groups in total. The van der Waals surface area contributed by atoms with Gasteiger partial charge in [-0.3, -0.25) is 9.11 Å². The average molecular weight is 708 g/mol. The highest BCUT2D eigenvalue weighted by Crippen LogP contribution is 2.46. The number of phenols is 1. The number of aromatic hydroxyl groups is 1. The van der Waals surface area contributed by atoms with Crippen LogP contribution < -0.4 is 5.73 Å². The molecule has 18 heteroatoms. The fraction of sp³-hybridized carbons (Fsp3) is 0. The lowest BCUT2D eigenvalue weighted by atomic mass is 10.1. The number of nitrogen functional groups attached to an aromatic ring is 1. The number of fused-ring (bicyclic) bond motifs is 3. The first-order chi connectivity index (χ1) is 22.8. The van der Waals surface area contributed by atoms with E-state index >= 15 is 0 Å². The summed E-state index contributed by atoms with van der Waals surface area (Å²) in [6, 6.07) is 23.2. The number of nitrogens with two attached hydrogens (primary N) is 1. The number of rotatable bonds is 9. The lowest BCUT2D eigenvalue weighted by Crippen LogP contribution is -2.03. The molecule has 0 fully saturated rings. The minimum atomic E-state index is -4.68. The molecule has 0 radical (unpaired) electrons. The maximum atomic E-state index is 11.8. The molecule has 0 saturated carbocycles. The Hall–Kier alpha value is -5.05. The molecule has 0 aromatic heterocycles. The molecule has 15 nitrogen and oxygen atoms in total. The van der Waals surface area contributed by atoms with E-state index in [1.54, 1.807) is 54.6 Å². The lowest BCUT2D eigenvalue weighted by Gasteiger charge is -2.11. The third-order valence-electron chi connectivity index (χ3n) is 7.12. The number of hydrogen-bond acceptors (Lipinski definition) is 14. The summed E-state index contributed by atoms with van der Waals surface area (Å²) < 4.78 is 70.6. The van der Waals surface area contributed by atoms with Gasteiger partial charge in [0.05, 0.1) is 39.7 Å². The van der Waals surface area contributed by atoms with Gasteiger partial charge < -0.3 is 10.8 Å². The molecule has 0 atom stereocenters. The number of phenolic OH excluding ortho intramolecular Hbond substituents is 1. The topological polar surface area (TPSA) is 243 Å². The Labute approximate surface area is 275 Å². The predicted molar refractivity (Wildman–Crippen MR) is 177 cm³/mol. The third kappa shape index (κ3) is 6.54. The van der Waals surface area contributed by atoms with Gasteiger partial charge in [0.15, 0.2) is 5.75 Å². The Balaban J connectivity index is 1.39. The van der Waals surface area contributed by atoms with E-state index in [9.17, 15) is 31.0 Å². The van der Waals surface area contributed by atoms with Crippen LogP contribution in [0.15, 0.2) is 126 Å². The van der Waals surface area contributed by atoms with Gasteiger partial charge in [-0.2, -0.15) is 21.9 Å². The zero-order valence-electron chi connectivity index (χ0n) is 24.0. The first-order valence-corrected chi connectivity index (χ1v) is 17.0. The van der Waals surface area contributed by atoms with Gasteiger partial charge in [-0.25, -0.2) is 5.26 Å². The van der Waals surface area contributed by atoms with Crippen LogP contribution in [-0.4, -0.2) is 36.3 Å². The normalized spacial score (nSPS) is 12.6. The van der Waals surface area contributed by atoms with Crippen molar-refractivity contribution in [2.75, 3.05) is 5.73 Å². The summed E-state index contributed by atoms with van der Waals surface area (Å²) in [4.78, 5) is -0.737. The Kier molecular flexibility index (Phi) is 8.81. The molecule has 0 aliphatic heterocycles. The monoisotopic (exact) mass is 707 g/mol. The van der Waals surface area contributed by atoms with E-state index in [1.165, 1.54) is 24.3 Å². The van der Waals surface area contributed by atoms with E-state index < -0.39 is 30.9 Å². The highest BCUT2D eigenvalue weighted by Gasteiger charge is 2.21. The van der Waals surface area contributed by atoms with Gasteiger partial charge >= 0.3 is 0 Å². The molecule has 0 spiro atoms. The first-order valence-electron chi connectivity index (χ1n) is 13.4. The molecule has 0 bridgehead atoms. The molecular formula is C30H21N5O10S3. The van der Waals surface area contributed by atoms with Crippen molar-refractivity contribution in [3.05, 3.63) is 91.0 Å². The van der Waals surface area contributed by atoms with Crippen LogP contribution in [0.3, 0.4) is 0 Å². The van der Waals surface area contributed by atoms with Gasteiger partial charge in [0.2, 0.25) is 0 Å². The van der Waals surface area contributed by atoms with E-state index in [1.807, 2.05) is 0 Å². The minimum absolute atomic E-state index is 0.0534. The quantitative estimate of drug-likeness (QED) is 0.0238. The van der Waals surface area contributed by atoms with Gasteiger partial charge in [0, 0.05) is 21.5 Å². The van der Waals surface area contributed by atoms with Gasteiger partial charge in [-0.1, -0.05) is 47.5 Å². The van der Waals surface area contributed by atoms with Crippen LogP contribution in [-0.2, 0) is 29.6 Å². The van der Waals surface area contributed by atoms with E-state index in [2.05, 4.69) is 29.8 Å². The molecule has 0 aliphatic carbocycles. The number of nitrogens with zero attached hydrogens (tertiary/aromatic N) is 4. The van der Waals surface area contributed by atoms with Gasteiger partial charge in [-0.15, -0.1) is 19.7 Å². The van der Waals surface area contributed by atoms with Crippen molar-refractivity contribution in [3.63, 3.8) is 0 Å². The van der Waals surface area contributed by atoms with Crippen LogP contribution in [0.1, 0.15) is 0 Å². The summed E-state index contributed by atoms with van der Waals surface area (Å²) in [6.45, 7) is 0. The number of hydrogen-bond donors (Lipinski definition) is 5. The molecule has 244 valence electrons. The molecule has 6 rings (SSSR count). The SMILES string of the molecule is Nc1cc2c(O)c(N=Nc3ccc(N=Nc4ccc5c(S(=O)(=O)O)cccc5c4)c4ccccc34)c(SOOO)cc2cc1S(=O)(=O)O. The Morgan fingerprint density at radius 2 is 1.31 bits per heavy atom. The molecule has 0 aliphatic rings. The van der Waals surface area contributed by atoms with Crippen molar-refractivity contribution in [1.82, 2.24) is 0 Å². The van der Waals surface area contributed by atoms with E-state index in [0.29, 0.717) is 50.6 Å². The van der Waals surface area contributed by atoms with Crippen molar-refractivity contribution < 1.29 is 45.7 Å². The Morgan fingerprint density at radius 3 is 1.96 bits per heavy atom. The van der Waals surface area contributed by atoms with Gasteiger partial charge in [-0.05, 0) is 59.3 Å². The molecule has 0 unspecified atom stereocenters. The van der Waals surface area contributed by atoms with Crippen LogP contribution in [0.2, 0.25) is 0 Å². The van der Waals surface area contributed by atoms with Crippen molar-refractivity contribution in [2.24, 2.45) is 20.5 Å². The maximum absolute atomic E-state index is 11.8. The molecular weight excluding hydrogens is 687 g/mol. The fourth-order valence-corrected chi connectivity index (χ4v) is 6.85. The smallest absolute Gasteiger partial charge is 0.296 e. The molecule has 6 aromatic rings. The van der Waals surface area contributed by atoms with Crippen LogP contribution in [0.25, 0.3) is 32.3 Å². The van der Waals surface area contributed by atoms with Crippen molar-refractivity contribution in [2.45, 2.75) is 14.7 Å². The van der Waals surface area contributed by atoms with Crippen molar-refractivity contribution in [3.8, 4) is 5.75 Å². The number of azo groups is 2. The molecule has 0 heterocycles. The molecule has 6 aromatic carbocycles. The fourth-order valence-electron chi connectivity index (χ4n) is 5.01. The van der Waals surface area contributed by atoms with Crippen molar-refractivity contribution >= 4 is 93.0 Å². The van der Waals surface area contributed by atoms with Crippen LogP contribution in [0, 0.1) is 0 Å². The molecule has 0 saturated heterocycles. The highest BCUT2D eigenvalue weighted by molar-refractivity contribution is 7.94. The maximum Gasteiger partial charge on any atom is 0.296 e. The summed E-state index contributed by atoms with van der Waals surface area (Å²) in [5.74, 6) is -0.456. The summed E-state index contributed by atoms with van der Waals surface area (Å²) in [5.41, 5.74) is 6.64. The third-order valence-corrected chi connectivity index (χ3v) is 9.57. The van der Waals surface area contributed by atoms with Crippen LogP contribution >= 0.6 is 12.0 Å². The van der Waals surface area contributed by atoms with Gasteiger partial charge in [0.25, 0.3) is 20.2 Å². The number of benzene rings is 6. The first kappa shape index (κ1) is 32.9. The van der Waals surface area contributed by atoms with E-state index in [4.69, 9.17) is 11.0 Å². The lowest BCUT2D eigenvalue weighted by molar-refractivity contribution is -0.432.